The highest BCUT2D eigenvalue weighted by atomic mass is 32.2. The van der Waals surface area contributed by atoms with Gasteiger partial charge in [-0.25, -0.2) is 4.79 Å². The second-order valence-electron chi connectivity index (χ2n) is 5.99. The summed E-state index contributed by atoms with van der Waals surface area (Å²) in [6.45, 7) is 0. The summed E-state index contributed by atoms with van der Waals surface area (Å²) in [7, 11) is 1.28. The number of aliphatic imine (C=N–C) groups is 1. The summed E-state index contributed by atoms with van der Waals surface area (Å²) in [5.74, 6) is -0.947. The van der Waals surface area contributed by atoms with E-state index in [4.69, 9.17) is 4.74 Å². The van der Waals surface area contributed by atoms with E-state index >= 15 is 0 Å². The lowest BCUT2D eigenvalue weighted by Crippen LogP contribution is -2.35. The number of hydrogen-bond acceptors (Lipinski definition) is 6. The highest BCUT2D eigenvalue weighted by molar-refractivity contribution is 8.14. The monoisotopic (exact) mass is 397 g/mol. The van der Waals surface area contributed by atoms with Crippen LogP contribution in [-0.4, -0.2) is 35.8 Å². The van der Waals surface area contributed by atoms with E-state index in [9.17, 15) is 14.4 Å². The number of amides is 2. The van der Waals surface area contributed by atoms with Crippen molar-refractivity contribution in [2.75, 3.05) is 18.2 Å². The van der Waals surface area contributed by atoms with Crippen molar-refractivity contribution in [1.29, 1.82) is 0 Å². The van der Waals surface area contributed by atoms with E-state index in [2.05, 4.69) is 15.6 Å². The highest BCUT2D eigenvalue weighted by Crippen LogP contribution is 2.25. The van der Waals surface area contributed by atoms with Crippen molar-refractivity contribution >= 4 is 40.4 Å². The number of carbonyl (C=O) groups is 3. The number of nitrogens with one attached hydrogen (secondary N) is 2. The zero-order valence-corrected chi connectivity index (χ0v) is 16.0. The molecule has 8 heteroatoms. The zero-order chi connectivity index (χ0) is 19.9. The Bertz CT molecular complexity index is 915. The van der Waals surface area contributed by atoms with E-state index in [0.717, 1.165) is 17.3 Å². The van der Waals surface area contributed by atoms with Gasteiger partial charge in [-0.3, -0.25) is 14.6 Å². The Morgan fingerprint density at radius 3 is 2.64 bits per heavy atom. The molecule has 2 amide bonds. The molecule has 0 unspecified atom stereocenters. The van der Waals surface area contributed by atoms with Crippen LogP contribution in [0.15, 0.2) is 59.6 Å². The standard InChI is InChI=1S/C20H19N3O4S/c1-27-19(26)14-9-5-6-10-15(14)21-18(25)12-28-20-22-16(11-17(24)23-20)13-7-3-2-4-8-13/h2-10,16H,11-12H2,1H3,(H,21,25)(H,22,23,24)/t16-/m1/s1. The first-order valence-corrected chi connectivity index (χ1v) is 9.58. The van der Waals surface area contributed by atoms with Gasteiger partial charge in [-0.1, -0.05) is 54.2 Å². The maximum Gasteiger partial charge on any atom is 0.339 e. The summed E-state index contributed by atoms with van der Waals surface area (Å²) in [4.78, 5) is 40.6. The van der Waals surface area contributed by atoms with Crippen molar-refractivity contribution in [2.24, 2.45) is 4.99 Å². The Morgan fingerprint density at radius 1 is 1.18 bits per heavy atom. The molecule has 7 nitrogen and oxygen atoms in total. The Labute approximate surface area is 166 Å². The zero-order valence-electron chi connectivity index (χ0n) is 15.2. The molecule has 0 saturated carbocycles. The van der Waals surface area contributed by atoms with Gasteiger partial charge in [0.05, 0.1) is 36.6 Å². The number of carbonyl (C=O) groups excluding carboxylic acids is 3. The number of amidine groups is 1. The van der Waals surface area contributed by atoms with Crippen LogP contribution in [0, 0.1) is 0 Å². The lowest BCUT2D eigenvalue weighted by atomic mass is 10.0. The average Bonchev–Trinajstić information content (AvgIpc) is 2.72. The number of benzene rings is 2. The van der Waals surface area contributed by atoms with Crippen LogP contribution in [0.2, 0.25) is 0 Å². The molecule has 2 aromatic carbocycles. The largest absolute Gasteiger partial charge is 0.465 e. The fraction of sp³-hybridized carbons (Fsp3) is 0.200. The normalized spacial score (nSPS) is 16.0. The minimum atomic E-state index is -0.529. The Kier molecular flexibility index (Phi) is 6.44. The molecule has 0 bridgehead atoms. The van der Waals surface area contributed by atoms with Gasteiger partial charge in [-0.15, -0.1) is 0 Å². The summed E-state index contributed by atoms with van der Waals surface area (Å²) in [5.41, 5.74) is 1.60. The molecule has 1 aliphatic rings. The van der Waals surface area contributed by atoms with Crippen LogP contribution in [0.1, 0.15) is 28.4 Å². The molecule has 1 heterocycles. The smallest absolute Gasteiger partial charge is 0.339 e. The minimum Gasteiger partial charge on any atom is -0.465 e. The molecule has 0 aromatic heterocycles. The Morgan fingerprint density at radius 2 is 1.89 bits per heavy atom. The second kappa shape index (κ2) is 9.18. The van der Waals surface area contributed by atoms with Gasteiger partial charge < -0.3 is 15.4 Å². The summed E-state index contributed by atoms with van der Waals surface area (Å²) in [5, 5.41) is 5.79. The van der Waals surface area contributed by atoms with Crippen LogP contribution in [0.25, 0.3) is 0 Å². The van der Waals surface area contributed by atoms with Crippen molar-refractivity contribution in [3.63, 3.8) is 0 Å². The van der Waals surface area contributed by atoms with Crippen LogP contribution in [0.5, 0.6) is 0 Å². The molecule has 2 aromatic rings. The molecule has 0 radical (unpaired) electrons. The molecule has 0 aliphatic carbocycles. The number of thioether (sulfide) groups is 1. The lowest BCUT2D eigenvalue weighted by Gasteiger charge is -2.20. The van der Waals surface area contributed by atoms with E-state index < -0.39 is 5.97 Å². The molecule has 1 atom stereocenters. The van der Waals surface area contributed by atoms with E-state index in [1.165, 1.54) is 7.11 Å². The second-order valence-corrected chi connectivity index (χ2v) is 6.95. The molecule has 3 rings (SSSR count). The van der Waals surface area contributed by atoms with Crippen molar-refractivity contribution in [3.05, 3.63) is 65.7 Å². The molecular weight excluding hydrogens is 378 g/mol. The predicted octanol–water partition coefficient (Wildman–Crippen LogP) is 2.76. The number of esters is 1. The fourth-order valence-electron chi connectivity index (χ4n) is 2.71. The lowest BCUT2D eigenvalue weighted by molar-refractivity contribution is -0.120. The maximum absolute atomic E-state index is 12.3. The first kappa shape index (κ1) is 19.6. The van der Waals surface area contributed by atoms with Crippen LogP contribution in [-0.2, 0) is 14.3 Å². The number of anilines is 1. The quantitative estimate of drug-likeness (QED) is 0.756. The molecule has 2 N–H and O–H groups in total. The third-order valence-corrected chi connectivity index (χ3v) is 4.92. The number of para-hydroxylation sites is 1. The van der Waals surface area contributed by atoms with Crippen LogP contribution < -0.4 is 10.6 Å². The fourth-order valence-corrected chi connectivity index (χ4v) is 3.43. The van der Waals surface area contributed by atoms with E-state index in [1.54, 1.807) is 24.3 Å². The van der Waals surface area contributed by atoms with Crippen molar-refractivity contribution in [2.45, 2.75) is 12.5 Å². The molecule has 0 fully saturated rings. The Balaban J connectivity index is 1.64. The third-order valence-electron chi connectivity index (χ3n) is 4.03. The van der Waals surface area contributed by atoms with Gasteiger partial charge in [-0.05, 0) is 17.7 Å². The van der Waals surface area contributed by atoms with E-state index in [1.807, 2.05) is 30.3 Å². The first-order valence-electron chi connectivity index (χ1n) is 8.59. The van der Waals surface area contributed by atoms with Crippen LogP contribution in [0.4, 0.5) is 5.69 Å². The minimum absolute atomic E-state index is 0.0378. The van der Waals surface area contributed by atoms with Crippen molar-refractivity contribution < 1.29 is 19.1 Å². The number of rotatable bonds is 5. The maximum atomic E-state index is 12.3. The molecule has 0 saturated heterocycles. The van der Waals surface area contributed by atoms with Gasteiger partial charge in [0.1, 0.15) is 0 Å². The van der Waals surface area contributed by atoms with Gasteiger partial charge in [0.25, 0.3) is 0 Å². The summed E-state index contributed by atoms with van der Waals surface area (Å²) >= 11 is 1.14. The van der Waals surface area contributed by atoms with Gasteiger partial charge in [-0.2, -0.15) is 0 Å². The summed E-state index contributed by atoms with van der Waals surface area (Å²) < 4.78 is 4.72. The van der Waals surface area contributed by atoms with Gasteiger partial charge in [0.15, 0.2) is 5.17 Å². The summed E-state index contributed by atoms with van der Waals surface area (Å²) in [6, 6.07) is 15.9. The van der Waals surface area contributed by atoms with Crippen molar-refractivity contribution in [1.82, 2.24) is 5.32 Å². The highest BCUT2D eigenvalue weighted by Gasteiger charge is 2.23. The number of nitrogens with zero attached hydrogens (tertiary/aromatic N) is 1. The van der Waals surface area contributed by atoms with E-state index in [-0.39, 0.29) is 35.6 Å². The SMILES string of the molecule is COC(=O)c1ccccc1NC(=O)CSC1=N[C@@H](c2ccccc2)CC(=O)N1. The number of methoxy groups -OCH3 is 1. The van der Waals surface area contributed by atoms with Crippen LogP contribution >= 0.6 is 11.8 Å². The molecule has 144 valence electrons. The number of ether oxygens (including phenoxy) is 1. The topological polar surface area (TPSA) is 96.9 Å². The average molecular weight is 397 g/mol. The van der Waals surface area contributed by atoms with Gasteiger partial charge in [0.2, 0.25) is 11.8 Å². The summed E-state index contributed by atoms with van der Waals surface area (Å²) in [6.07, 6.45) is 0.271. The Hall–Kier alpha value is -3.13. The van der Waals surface area contributed by atoms with Gasteiger partial charge >= 0.3 is 5.97 Å². The van der Waals surface area contributed by atoms with Gasteiger partial charge in [0, 0.05) is 0 Å². The molecule has 1 aliphatic heterocycles. The molecular formula is C20H19N3O4S. The molecule has 28 heavy (non-hydrogen) atoms. The van der Waals surface area contributed by atoms with Crippen LogP contribution in [0.3, 0.4) is 0 Å². The number of hydrogen-bond donors (Lipinski definition) is 2. The van der Waals surface area contributed by atoms with Crippen molar-refractivity contribution in [3.8, 4) is 0 Å². The van der Waals surface area contributed by atoms with E-state index in [0.29, 0.717) is 10.9 Å². The predicted molar refractivity (Wildman–Crippen MR) is 108 cm³/mol. The third kappa shape index (κ3) is 4.98. The first-order chi connectivity index (χ1) is 13.6. The molecule has 0 spiro atoms.